The van der Waals surface area contributed by atoms with Gasteiger partial charge in [-0.2, -0.15) is 0 Å². The molecule has 0 aliphatic carbocycles. The molecule has 0 amide bonds. The van der Waals surface area contributed by atoms with E-state index in [1.807, 2.05) is 6.07 Å². The van der Waals surface area contributed by atoms with E-state index in [0.717, 1.165) is 18.1 Å². The van der Waals surface area contributed by atoms with Crippen molar-refractivity contribution in [3.8, 4) is 11.1 Å². The van der Waals surface area contributed by atoms with Crippen LogP contribution in [0.3, 0.4) is 0 Å². The number of thiocarbonyl (C=S) groups is 1. The number of nitrogens with one attached hydrogen (secondary N) is 2. The van der Waals surface area contributed by atoms with Crippen molar-refractivity contribution in [3.05, 3.63) is 60.2 Å². The summed E-state index contributed by atoms with van der Waals surface area (Å²) in [6.07, 6.45) is 1.07. The Morgan fingerprint density at radius 1 is 1.00 bits per heavy atom. The quantitative estimate of drug-likeness (QED) is 0.805. The SMILES string of the molecule is CCCNC(=S)N[C@@H](C)c1ccc(-c2ccccc2)cc1. The molecule has 0 radical (unpaired) electrons. The van der Waals surface area contributed by atoms with Crippen LogP contribution in [0.15, 0.2) is 54.6 Å². The number of benzene rings is 2. The predicted octanol–water partition coefficient (Wildman–Crippen LogP) is 4.29. The van der Waals surface area contributed by atoms with Crippen molar-refractivity contribution in [2.75, 3.05) is 6.54 Å². The molecule has 0 fully saturated rings. The van der Waals surface area contributed by atoms with E-state index >= 15 is 0 Å². The third kappa shape index (κ3) is 4.57. The summed E-state index contributed by atoms with van der Waals surface area (Å²) < 4.78 is 0. The Morgan fingerprint density at radius 2 is 1.62 bits per heavy atom. The summed E-state index contributed by atoms with van der Waals surface area (Å²) >= 11 is 5.28. The molecular weight excluding hydrogens is 276 g/mol. The van der Waals surface area contributed by atoms with Gasteiger partial charge in [0.05, 0.1) is 6.04 Å². The van der Waals surface area contributed by atoms with Crippen molar-refractivity contribution in [2.24, 2.45) is 0 Å². The summed E-state index contributed by atoms with van der Waals surface area (Å²) in [6.45, 7) is 5.16. The largest absolute Gasteiger partial charge is 0.363 e. The molecule has 2 rings (SSSR count). The van der Waals surface area contributed by atoms with Gasteiger partial charge in [0.2, 0.25) is 0 Å². The van der Waals surface area contributed by atoms with Gasteiger partial charge in [0.25, 0.3) is 0 Å². The number of rotatable bonds is 5. The second-order valence-electron chi connectivity index (χ2n) is 5.11. The minimum absolute atomic E-state index is 0.201. The van der Waals surface area contributed by atoms with Crippen LogP contribution in [0, 0.1) is 0 Å². The van der Waals surface area contributed by atoms with E-state index in [2.05, 4.69) is 73.0 Å². The highest BCUT2D eigenvalue weighted by atomic mass is 32.1. The molecule has 2 aromatic rings. The van der Waals surface area contributed by atoms with E-state index in [1.165, 1.54) is 16.7 Å². The minimum atomic E-state index is 0.201. The zero-order valence-electron chi connectivity index (χ0n) is 12.6. The van der Waals surface area contributed by atoms with E-state index in [-0.39, 0.29) is 6.04 Å². The van der Waals surface area contributed by atoms with E-state index in [4.69, 9.17) is 12.2 Å². The molecule has 0 aliphatic rings. The maximum Gasteiger partial charge on any atom is 0.166 e. The van der Waals surface area contributed by atoms with Gasteiger partial charge in [0, 0.05) is 6.54 Å². The fraction of sp³-hybridized carbons (Fsp3) is 0.278. The lowest BCUT2D eigenvalue weighted by molar-refractivity contribution is 0.694. The molecule has 0 aliphatic heterocycles. The molecule has 2 nitrogen and oxygen atoms in total. The van der Waals surface area contributed by atoms with Crippen LogP contribution >= 0.6 is 12.2 Å². The van der Waals surface area contributed by atoms with Gasteiger partial charge < -0.3 is 10.6 Å². The zero-order valence-corrected chi connectivity index (χ0v) is 13.4. The molecule has 21 heavy (non-hydrogen) atoms. The molecule has 0 saturated heterocycles. The Labute approximate surface area is 132 Å². The summed E-state index contributed by atoms with van der Waals surface area (Å²) in [7, 11) is 0. The van der Waals surface area contributed by atoms with Crippen LogP contribution in [0.1, 0.15) is 31.9 Å². The summed E-state index contributed by atoms with van der Waals surface area (Å²) in [6, 6.07) is 19.2. The molecule has 0 heterocycles. The van der Waals surface area contributed by atoms with Crippen molar-refractivity contribution in [1.82, 2.24) is 10.6 Å². The van der Waals surface area contributed by atoms with Crippen LogP contribution < -0.4 is 10.6 Å². The Morgan fingerprint density at radius 3 is 2.24 bits per heavy atom. The van der Waals surface area contributed by atoms with Crippen LogP contribution in [-0.2, 0) is 0 Å². The normalized spacial score (nSPS) is 11.7. The molecule has 0 aromatic heterocycles. The highest BCUT2D eigenvalue weighted by Gasteiger charge is 2.07. The second-order valence-corrected chi connectivity index (χ2v) is 5.52. The summed E-state index contributed by atoms with van der Waals surface area (Å²) in [5.74, 6) is 0. The molecule has 0 bridgehead atoms. The first-order valence-electron chi connectivity index (χ1n) is 7.40. The highest BCUT2D eigenvalue weighted by Crippen LogP contribution is 2.21. The van der Waals surface area contributed by atoms with Crippen molar-refractivity contribution in [3.63, 3.8) is 0 Å². The van der Waals surface area contributed by atoms with Crippen LogP contribution in [0.2, 0.25) is 0 Å². The van der Waals surface area contributed by atoms with Crippen LogP contribution in [-0.4, -0.2) is 11.7 Å². The predicted molar refractivity (Wildman–Crippen MR) is 94.3 cm³/mol. The molecule has 1 atom stereocenters. The average Bonchev–Trinajstić information content (AvgIpc) is 2.54. The van der Waals surface area contributed by atoms with Gasteiger partial charge in [-0.15, -0.1) is 0 Å². The second kappa shape index (κ2) is 7.79. The van der Waals surface area contributed by atoms with Crippen LogP contribution in [0.4, 0.5) is 0 Å². The summed E-state index contributed by atoms with van der Waals surface area (Å²) in [5.41, 5.74) is 3.71. The van der Waals surface area contributed by atoms with Gasteiger partial charge in [-0.3, -0.25) is 0 Å². The first kappa shape index (κ1) is 15.5. The molecule has 2 N–H and O–H groups in total. The van der Waals surface area contributed by atoms with Gasteiger partial charge in [-0.05, 0) is 42.3 Å². The molecule has 3 heteroatoms. The minimum Gasteiger partial charge on any atom is -0.363 e. The van der Waals surface area contributed by atoms with E-state index < -0.39 is 0 Å². The summed E-state index contributed by atoms with van der Waals surface area (Å²) in [4.78, 5) is 0. The Balaban J connectivity index is 2.00. The lowest BCUT2D eigenvalue weighted by Crippen LogP contribution is -2.37. The molecule has 0 saturated carbocycles. The maximum atomic E-state index is 5.28. The van der Waals surface area contributed by atoms with Crippen molar-refractivity contribution >= 4 is 17.3 Å². The van der Waals surface area contributed by atoms with E-state index in [0.29, 0.717) is 0 Å². The third-order valence-corrected chi connectivity index (χ3v) is 3.66. The van der Waals surface area contributed by atoms with Gasteiger partial charge >= 0.3 is 0 Å². The number of hydrogen-bond donors (Lipinski definition) is 2. The maximum absolute atomic E-state index is 5.28. The first-order valence-corrected chi connectivity index (χ1v) is 7.81. The third-order valence-electron chi connectivity index (χ3n) is 3.40. The topological polar surface area (TPSA) is 24.1 Å². The Bertz CT molecular complexity index is 564. The van der Waals surface area contributed by atoms with E-state index in [9.17, 15) is 0 Å². The molecule has 2 aromatic carbocycles. The monoisotopic (exact) mass is 298 g/mol. The summed E-state index contributed by atoms with van der Waals surface area (Å²) in [5, 5.41) is 7.22. The average molecular weight is 298 g/mol. The fourth-order valence-electron chi connectivity index (χ4n) is 2.16. The van der Waals surface area contributed by atoms with Crippen LogP contribution in [0.5, 0.6) is 0 Å². The first-order chi connectivity index (χ1) is 10.2. The zero-order chi connectivity index (χ0) is 15.1. The van der Waals surface area contributed by atoms with Crippen LogP contribution in [0.25, 0.3) is 11.1 Å². The lowest BCUT2D eigenvalue weighted by atomic mass is 10.0. The standard InChI is InChI=1S/C18H22N2S/c1-3-13-19-18(21)20-14(2)15-9-11-17(12-10-15)16-7-5-4-6-8-16/h4-12,14H,3,13H2,1-2H3,(H2,19,20,21)/t14-/m0/s1. The van der Waals surface area contributed by atoms with Crippen molar-refractivity contribution in [1.29, 1.82) is 0 Å². The smallest absolute Gasteiger partial charge is 0.166 e. The van der Waals surface area contributed by atoms with Gasteiger partial charge in [0.1, 0.15) is 0 Å². The highest BCUT2D eigenvalue weighted by molar-refractivity contribution is 7.80. The molecule has 0 spiro atoms. The lowest BCUT2D eigenvalue weighted by Gasteiger charge is -2.17. The molecular formula is C18H22N2S. The van der Waals surface area contributed by atoms with Gasteiger partial charge in [-0.1, -0.05) is 61.5 Å². The van der Waals surface area contributed by atoms with Gasteiger partial charge in [0.15, 0.2) is 5.11 Å². The fourth-order valence-corrected chi connectivity index (χ4v) is 2.44. The number of hydrogen-bond acceptors (Lipinski definition) is 1. The Kier molecular flexibility index (Phi) is 5.76. The Hall–Kier alpha value is -1.87. The molecule has 110 valence electrons. The van der Waals surface area contributed by atoms with Gasteiger partial charge in [-0.25, -0.2) is 0 Å². The molecule has 0 unspecified atom stereocenters. The van der Waals surface area contributed by atoms with Crippen molar-refractivity contribution in [2.45, 2.75) is 26.3 Å². The van der Waals surface area contributed by atoms with Crippen molar-refractivity contribution < 1.29 is 0 Å². The van der Waals surface area contributed by atoms with E-state index in [1.54, 1.807) is 0 Å².